The number of nitrogens with one attached hydrogen (secondary N) is 2. The van der Waals surface area contributed by atoms with Crippen molar-refractivity contribution in [1.29, 1.82) is 0 Å². The van der Waals surface area contributed by atoms with Crippen LogP contribution in [0.3, 0.4) is 0 Å². The molecule has 0 atom stereocenters. The highest BCUT2D eigenvalue weighted by Gasteiger charge is 2.16. The van der Waals surface area contributed by atoms with Crippen LogP contribution in [0, 0.1) is 6.92 Å². The first-order chi connectivity index (χ1) is 14.6. The van der Waals surface area contributed by atoms with Crippen LogP contribution < -0.4 is 10.6 Å². The van der Waals surface area contributed by atoms with E-state index in [0.717, 1.165) is 52.2 Å². The summed E-state index contributed by atoms with van der Waals surface area (Å²) in [5.41, 5.74) is 1.85. The third-order valence-corrected chi connectivity index (χ3v) is 6.94. The number of anilines is 1. The maximum atomic E-state index is 12.6. The molecular formula is C24H30N4OS. The van der Waals surface area contributed by atoms with E-state index in [9.17, 15) is 4.79 Å². The summed E-state index contributed by atoms with van der Waals surface area (Å²) >= 11 is 1.73. The van der Waals surface area contributed by atoms with Crippen molar-refractivity contribution in [1.82, 2.24) is 15.3 Å². The average molecular weight is 423 g/mol. The Morgan fingerprint density at radius 1 is 1.10 bits per heavy atom. The van der Waals surface area contributed by atoms with Crippen molar-refractivity contribution < 1.29 is 4.79 Å². The molecule has 1 aliphatic carbocycles. The molecule has 1 saturated carbocycles. The first-order valence-corrected chi connectivity index (χ1v) is 11.8. The van der Waals surface area contributed by atoms with Gasteiger partial charge in [0, 0.05) is 23.0 Å². The highest BCUT2D eigenvalue weighted by Crippen LogP contribution is 2.29. The number of hydrogen-bond donors (Lipinski definition) is 2. The summed E-state index contributed by atoms with van der Waals surface area (Å²) in [4.78, 5) is 24.1. The van der Waals surface area contributed by atoms with Crippen molar-refractivity contribution in [2.24, 2.45) is 0 Å². The minimum atomic E-state index is 0.0416. The Hall–Kier alpha value is -2.47. The smallest absolute Gasteiger partial charge is 0.251 e. The lowest BCUT2D eigenvalue weighted by atomic mass is 10.1. The molecule has 2 N–H and O–H groups in total. The van der Waals surface area contributed by atoms with Crippen LogP contribution in [0.25, 0.3) is 10.2 Å². The summed E-state index contributed by atoms with van der Waals surface area (Å²) in [5, 5.41) is 7.76. The molecule has 1 aromatic carbocycles. The molecule has 1 amide bonds. The van der Waals surface area contributed by atoms with Crippen LogP contribution in [0.4, 0.5) is 5.82 Å². The Kier molecular flexibility index (Phi) is 6.62. The molecule has 1 fully saturated rings. The van der Waals surface area contributed by atoms with E-state index in [2.05, 4.69) is 33.6 Å². The molecule has 3 aromatic rings. The van der Waals surface area contributed by atoms with E-state index in [1.165, 1.54) is 30.6 Å². The zero-order valence-corrected chi connectivity index (χ0v) is 18.6. The van der Waals surface area contributed by atoms with Crippen molar-refractivity contribution in [3.05, 3.63) is 52.2 Å². The lowest BCUT2D eigenvalue weighted by Gasteiger charge is -2.16. The van der Waals surface area contributed by atoms with Gasteiger partial charge in [-0.15, -0.1) is 11.3 Å². The summed E-state index contributed by atoms with van der Waals surface area (Å²) in [6, 6.07) is 10.4. The second-order valence-corrected chi connectivity index (χ2v) is 9.23. The molecule has 0 aliphatic heterocycles. The van der Waals surface area contributed by atoms with Gasteiger partial charge in [0.25, 0.3) is 5.91 Å². The fraction of sp³-hybridized carbons (Fsp3) is 0.458. The van der Waals surface area contributed by atoms with Crippen molar-refractivity contribution >= 4 is 33.3 Å². The highest BCUT2D eigenvalue weighted by atomic mass is 32.1. The lowest BCUT2D eigenvalue weighted by Crippen LogP contribution is -2.34. The van der Waals surface area contributed by atoms with Gasteiger partial charge in [-0.25, -0.2) is 9.97 Å². The van der Waals surface area contributed by atoms with Gasteiger partial charge in [-0.1, -0.05) is 44.7 Å². The van der Waals surface area contributed by atoms with Crippen LogP contribution in [0.15, 0.2) is 30.3 Å². The highest BCUT2D eigenvalue weighted by molar-refractivity contribution is 7.18. The largest absolute Gasteiger partial charge is 0.365 e. The zero-order chi connectivity index (χ0) is 20.9. The second kappa shape index (κ2) is 9.56. The second-order valence-electron chi connectivity index (χ2n) is 8.12. The lowest BCUT2D eigenvalue weighted by molar-refractivity contribution is 0.0933. The molecule has 158 valence electrons. The standard InChI is InChI=1S/C24H30N4OS/c1-3-20-14-21-22(26-16(2)27-24(21)30-20)25-15-17-10-12-18(13-11-17)23(29)28-19-8-6-4-5-7-9-19/h10-14,19H,3-9,15H2,1-2H3,(H,28,29)(H,25,26,27). The first kappa shape index (κ1) is 20.8. The zero-order valence-electron chi connectivity index (χ0n) is 17.8. The van der Waals surface area contributed by atoms with Crippen molar-refractivity contribution in [2.75, 3.05) is 5.32 Å². The van der Waals surface area contributed by atoms with Crippen LogP contribution in [0.5, 0.6) is 0 Å². The Bertz CT molecular complexity index is 1000. The number of amides is 1. The molecule has 2 heterocycles. The summed E-state index contributed by atoms with van der Waals surface area (Å²) in [6.45, 7) is 4.75. The van der Waals surface area contributed by atoms with Crippen molar-refractivity contribution in [3.63, 3.8) is 0 Å². The number of carbonyl (C=O) groups excluding carboxylic acids is 1. The quantitative estimate of drug-likeness (QED) is 0.506. The van der Waals surface area contributed by atoms with E-state index in [1.54, 1.807) is 11.3 Å². The summed E-state index contributed by atoms with van der Waals surface area (Å²) in [5.74, 6) is 1.70. The molecule has 4 rings (SSSR count). The first-order valence-electron chi connectivity index (χ1n) is 11.0. The van der Waals surface area contributed by atoms with Gasteiger partial charge in [0.2, 0.25) is 0 Å². The number of aryl methyl sites for hydroxylation is 2. The predicted octanol–water partition coefficient (Wildman–Crippen LogP) is 5.63. The number of thiophene rings is 1. The topological polar surface area (TPSA) is 66.9 Å². The Labute approximate surface area is 182 Å². The van der Waals surface area contributed by atoms with Crippen LogP contribution in [-0.4, -0.2) is 21.9 Å². The van der Waals surface area contributed by atoms with Crippen LogP contribution in [0.2, 0.25) is 0 Å². The third-order valence-electron chi connectivity index (χ3n) is 5.77. The Balaban J connectivity index is 1.40. The SMILES string of the molecule is CCc1cc2c(NCc3ccc(C(=O)NC4CCCCCC4)cc3)nc(C)nc2s1. The summed E-state index contributed by atoms with van der Waals surface area (Å²) < 4.78 is 0. The Morgan fingerprint density at radius 3 is 2.53 bits per heavy atom. The Morgan fingerprint density at radius 2 is 1.83 bits per heavy atom. The molecule has 0 unspecified atom stereocenters. The molecule has 1 aliphatic rings. The predicted molar refractivity (Wildman–Crippen MR) is 124 cm³/mol. The van der Waals surface area contributed by atoms with E-state index >= 15 is 0 Å². The van der Waals surface area contributed by atoms with E-state index in [4.69, 9.17) is 0 Å². The molecule has 5 nitrogen and oxygen atoms in total. The van der Waals surface area contributed by atoms with Gasteiger partial charge >= 0.3 is 0 Å². The minimum absolute atomic E-state index is 0.0416. The number of carbonyl (C=O) groups is 1. The molecule has 2 aromatic heterocycles. The van der Waals surface area contributed by atoms with E-state index in [-0.39, 0.29) is 5.91 Å². The summed E-state index contributed by atoms with van der Waals surface area (Å²) in [7, 11) is 0. The van der Waals surface area contributed by atoms with Crippen LogP contribution in [-0.2, 0) is 13.0 Å². The minimum Gasteiger partial charge on any atom is -0.365 e. The summed E-state index contributed by atoms with van der Waals surface area (Å²) in [6.07, 6.45) is 8.22. The average Bonchev–Trinajstić information content (AvgIpc) is 3.00. The third kappa shape index (κ3) is 4.98. The maximum absolute atomic E-state index is 12.6. The van der Waals surface area contributed by atoms with Gasteiger partial charge in [-0.2, -0.15) is 0 Å². The molecule has 0 saturated heterocycles. The van der Waals surface area contributed by atoms with Gasteiger partial charge in [-0.3, -0.25) is 4.79 Å². The number of nitrogens with zero attached hydrogens (tertiary/aromatic N) is 2. The number of aromatic nitrogens is 2. The van der Waals surface area contributed by atoms with Crippen molar-refractivity contribution in [3.8, 4) is 0 Å². The van der Waals surface area contributed by atoms with Crippen LogP contribution >= 0.6 is 11.3 Å². The molecule has 6 heteroatoms. The number of rotatable bonds is 6. The van der Waals surface area contributed by atoms with Gasteiger partial charge in [0.15, 0.2) is 0 Å². The fourth-order valence-corrected chi connectivity index (χ4v) is 5.05. The monoisotopic (exact) mass is 422 g/mol. The van der Waals surface area contributed by atoms with Gasteiger partial charge in [0.1, 0.15) is 16.5 Å². The van der Waals surface area contributed by atoms with Crippen molar-refractivity contribution in [2.45, 2.75) is 71.4 Å². The fourth-order valence-electron chi connectivity index (χ4n) is 4.04. The normalized spacial score (nSPS) is 15.1. The molecule has 0 spiro atoms. The number of hydrogen-bond acceptors (Lipinski definition) is 5. The molecule has 0 radical (unpaired) electrons. The van der Waals surface area contributed by atoms with E-state index in [1.807, 2.05) is 31.2 Å². The van der Waals surface area contributed by atoms with E-state index in [0.29, 0.717) is 12.6 Å². The molecular weight excluding hydrogens is 392 g/mol. The number of fused-ring (bicyclic) bond motifs is 1. The van der Waals surface area contributed by atoms with Gasteiger partial charge in [0.05, 0.1) is 5.39 Å². The van der Waals surface area contributed by atoms with Gasteiger partial charge in [-0.05, 0) is 49.9 Å². The van der Waals surface area contributed by atoms with Gasteiger partial charge < -0.3 is 10.6 Å². The van der Waals surface area contributed by atoms with E-state index < -0.39 is 0 Å². The molecule has 0 bridgehead atoms. The maximum Gasteiger partial charge on any atom is 0.251 e. The molecule has 30 heavy (non-hydrogen) atoms. The van der Waals surface area contributed by atoms with Crippen LogP contribution in [0.1, 0.15) is 72.1 Å². The number of benzene rings is 1.